The van der Waals surface area contributed by atoms with Gasteiger partial charge in [0.1, 0.15) is 0 Å². The van der Waals surface area contributed by atoms with Gasteiger partial charge in [-0.25, -0.2) is 0 Å². The zero-order valence-corrected chi connectivity index (χ0v) is 57.4. The summed E-state index contributed by atoms with van der Waals surface area (Å²) in [7, 11) is 0. The molecule has 1 amide bonds. The Morgan fingerprint density at radius 2 is 0.548 bits per heavy atom. The topological polar surface area (TPSA) is 95.9 Å². The number of amides is 1. The van der Waals surface area contributed by atoms with Gasteiger partial charge < -0.3 is 20.3 Å². The Kier molecular flexibility index (Phi) is 72.8. The molecule has 6 heteroatoms. The van der Waals surface area contributed by atoms with Gasteiger partial charge in [0.05, 0.1) is 25.4 Å². The fourth-order valence-corrected chi connectivity index (χ4v) is 12.6. The number of aliphatic hydroxyl groups excluding tert-OH is 2. The summed E-state index contributed by atoms with van der Waals surface area (Å²) in [4.78, 5) is 24.7. The van der Waals surface area contributed by atoms with Gasteiger partial charge in [0.15, 0.2) is 0 Å². The van der Waals surface area contributed by atoms with Crippen LogP contribution in [0.15, 0.2) is 12.2 Å². The number of unbranched alkanes of at least 4 members (excludes halogenated alkanes) is 63. The average molecular weight is 1190 g/mol. The summed E-state index contributed by atoms with van der Waals surface area (Å²) in [5.74, 6) is -0.0362. The number of nitrogens with one attached hydrogen (secondary N) is 1. The molecule has 0 fully saturated rings. The van der Waals surface area contributed by atoms with Crippen molar-refractivity contribution < 1.29 is 24.5 Å². The van der Waals surface area contributed by atoms with Gasteiger partial charge in [-0.1, -0.05) is 418 Å². The third-order valence-electron chi connectivity index (χ3n) is 18.6. The number of esters is 1. The van der Waals surface area contributed by atoms with Crippen molar-refractivity contribution in [2.24, 2.45) is 0 Å². The van der Waals surface area contributed by atoms with E-state index < -0.39 is 12.1 Å². The molecule has 0 saturated carbocycles. The van der Waals surface area contributed by atoms with E-state index in [1.165, 1.54) is 385 Å². The van der Waals surface area contributed by atoms with Crippen molar-refractivity contribution in [1.82, 2.24) is 5.32 Å². The molecule has 0 aromatic carbocycles. The fraction of sp³-hybridized carbons (Fsp3) is 0.949. The van der Waals surface area contributed by atoms with Gasteiger partial charge >= 0.3 is 5.97 Å². The first kappa shape index (κ1) is 82.6. The zero-order chi connectivity index (χ0) is 60.6. The summed E-state index contributed by atoms with van der Waals surface area (Å²) in [5, 5.41) is 23.3. The van der Waals surface area contributed by atoms with Gasteiger partial charge in [-0.2, -0.15) is 0 Å². The lowest BCUT2D eigenvalue weighted by atomic mass is 10.0. The molecule has 0 radical (unpaired) electrons. The van der Waals surface area contributed by atoms with Crippen LogP contribution in [0.25, 0.3) is 0 Å². The minimum absolute atomic E-state index is 0.0239. The SMILES string of the molecule is CCCCCCCCCCCCCCCCCCCCC/C=C/C(O)C(CO)NC(=O)CCCCCCCCCCCCCCCCCCCCCCCCCCCCCOC(=O)CCCCCCCCCCCCCCCCCCCCC. The van der Waals surface area contributed by atoms with E-state index in [0.717, 1.165) is 38.5 Å². The largest absolute Gasteiger partial charge is 0.466 e. The lowest BCUT2D eigenvalue weighted by Crippen LogP contribution is -2.45. The Labute approximate surface area is 527 Å². The molecule has 6 nitrogen and oxygen atoms in total. The van der Waals surface area contributed by atoms with Crippen LogP contribution in [-0.2, 0) is 14.3 Å². The van der Waals surface area contributed by atoms with Gasteiger partial charge in [-0.3, -0.25) is 9.59 Å². The Bertz CT molecular complexity index is 1270. The third-order valence-corrected chi connectivity index (χ3v) is 18.6. The molecule has 3 N–H and O–H groups in total. The van der Waals surface area contributed by atoms with Gasteiger partial charge in [0.25, 0.3) is 0 Å². The van der Waals surface area contributed by atoms with Crippen LogP contribution < -0.4 is 5.32 Å². The molecule has 2 unspecified atom stereocenters. The summed E-state index contributed by atoms with van der Waals surface area (Å²) >= 11 is 0. The highest BCUT2D eigenvalue weighted by atomic mass is 16.5. The van der Waals surface area contributed by atoms with Crippen LogP contribution in [0, 0.1) is 0 Å². The van der Waals surface area contributed by atoms with E-state index in [9.17, 15) is 19.8 Å². The first-order valence-corrected chi connectivity index (χ1v) is 39.0. The monoisotopic (exact) mass is 1180 g/mol. The predicted octanol–water partition coefficient (Wildman–Crippen LogP) is 25.5. The summed E-state index contributed by atoms with van der Waals surface area (Å²) in [5.41, 5.74) is 0. The maximum absolute atomic E-state index is 12.5. The van der Waals surface area contributed by atoms with E-state index in [0.29, 0.717) is 19.4 Å². The first-order valence-electron chi connectivity index (χ1n) is 39.0. The molecule has 0 aliphatic rings. The van der Waals surface area contributed by atoms with Crippen LogP contribution in [0.4, 0.5) is 0 Å². The average Bonchev–Trinajstić information content (AvgIpc) is 3.51. The minimum Gasteiger partial charge on any atom is -0.466 e. The van der Waals surface area contributed by atoms with E-state index in [2.05, 4.69) is 19.2 Å². The lowest BCUT2D eigenvalue weighted by Gasteiger charge is -2.20. The maximum atomic E-state index is 12.5. The number of allylic oxidation sites excluding steroid dienone is 1. The summed E-state index contributed by atoms with van der Waals surface area (Å²) in [6.45, 7) is 4.97. The van der Waals surface area contributed by atoms with Crippen LogP contribution in [0.3, 0.4) is 0 Å². The molecule has 500 valence electrons. The smallest absolute Gasteiger partial charge is 0.305 e. The van der Waals surface area contributed by atoms with Crippen LogP contribution in [0.5, 0.6) is 0 Å². The highest BCUT2D eigenvalue weighted by Gasteiger charge is 2.18. The van der Waals surface area contributed by atoms with Gasteiger partial charge in [0, 0.05) is 12.8 Å². The molecule has 0 rings (SSSR count). The third kappa shape index (κ3) is 69.7. The molecule has 0 aliphatic heterocycles. The Balaban J connectivity index is 3.35. The number of aliphatic hydroxyl groups is 2. The molecule has 0 aromatic heterocycles. The first-order chi connectivity index (χ1) is 41.5. The molecule has 0 aromatic rings. The molecule has 84 heavy (non-hydrogen) atoms. The van der Waals surface area contributed by atoms with Crippen LogP contribution in [0.2, 0.25) is 0 Å². The molecule has 2 atom stereocenters. The van der Waals surface area contributed by atoms with Crippen molar-refractivity contribution in [3.05, 3.63) is 12.2 Å². The highest BCUT2D eigenvalue weighted by molar-refractivity contribution is 5.76. The molecular weight excluding hydrogens is 1030 g/mol. The highest BCUT2D eigenvalue weighted by Crippen LogP contribution is 2.20. The van der Waals surface area contributed by atoms with Crippen molar-refractivity contribution >= 4 is 11.9 Å². The Morgan fingerprint density at radius 3 is 0.810 bits per heavy atom. The molecule has 0 aliphatic carbocycles. The second-order valence-electron chi connectivity index (χ2n) is 27.1. The quantitative estimate of drug-likeness (QED) is 0.0320. The molecule has 0 bridgehead atoms. The van der Waals surface area contributed by atoms with E-state index in [-0.39, 0.29) is 18.5 Å². The zero-order valence-electron chi connectivity index (χ0n) is 57.4. The van der Waals surface area contributed by atoms with Crippen molar-refractivity contribution in [2.75, 3.05) is 13.2 Å². The number of hydrogen-bond acceptors (Lipinski definition) is 5. The number of hydrogen-bond donors (Lipinski definition) is 3. The van der Waals surface area contributed by atoms with Crippen LogP contribution in [0.1, 0.15) is 450 Å². The molecule has 0 spiro atoms. The van der Waals surface area contributed by atoms with E-state index in [1.807, 2.05) is 6.08 Å². The normalized spacial score (nSPS) is 12.5. The maximum Gasteiger partial charge on any atom is 0.305 e. The number of rotatable bonds is 74. The standard InChI is InChI=1S/C78H153NO5/c1-3-5-7-9-11-13-15-17-19-21-23-31-35-38-42-46-50-54-58-62-66-70-76(81)75(74-80)79-77(82)71-67-63-59-55-51-47-43-39-36-32-29-27-25-24-26-28-30-33-37-41-45-49-53-57-61-65-69-73-84-78(83)72-68-64-60-56-52-48-44-40-34-22-20-18-16-14-12-10-8-6-4-2/h66,70,75-76,80-81H,3-65,67-69,71-74H2,1-2H3,(H,79,82)/b70-66+. The second kappa shape index (κ2) is 74.1. The molecular formula is C78H153NO5. The second-order valence-corrected chi connectivity index (χ2v) is 27.1. The molecule has 0 heterocycles. The van der Waals surface area contributed by atoms with Gasteiger partial charge in [0.2, 0.25) is 5.91 Å². The van der Waals surface area contributed by atoms with E-state index >= 15 is 0 Å². The number of carbonyl (C=O) groups excluding carboxylic acids is 2. The fourth-order valence-electron chi connectivity index (χ4n) is 12.6. The Hall–Kier alpha value is -1.40. The van der Waals surface area contributed by atoms with Crippen molar-refractivity contribution in [2.45, 2.75) is 463 Å². The number of carbonyl (C=O) groups is 2. The molecule has 0 saturated heterocycles. The van der Waals surface area contributed by atoms with E-state index in [1.54, 1.807) is 6.08 Å². The Morgan fingerprint density at radius 1 is 0.321 bits per heavy atom. The van der Waals surface area contributed by atoms with Crippen molar-refractivity contribution in [3.8, 4) is 0 Å². The number of ether oxygens (including phenoxy) is 1. The van der Waals surface area contributed by atoms with E-state index in [4.69, 9.17) is 4.74 Å². The predicted molar refractivity (Wildman–Crippen MR) is 370 cm³/mol. The summed E-state index contributed by atoms with van der Waals surface area (Å²) in [6.07, 6.45) is 93.2. The van der Waals surface area contributed by atoms with Crippen molar-refractivity contribution in [3.63, 3.8) is 0 Å². The summed E-state index contributed by atoms with van der Waals surface area (Å²) in [6, 6.07) is -0.626. The van der Waals surface area contributed by atoms with Crippen LogP contribution in [-0.4, -0.2) is 47.4 Å². The lowest BCUT2D eigenvalue weighted by molar-refractivity contribution is -0.143. The van der Waals surface area contributed by atoms with Crippen LogP contribution >= 0.6 is 0 Å². The van der Waals surface area contributed by atoms with Crippen molar-refractivity contribution in [1.29, 1.82) is 0 Å². The van der Waals surface area contributed by atoms with Gasteiger partial charge in [-0.05, 0) is 32.1 Å². The van der Waals surface area contributed by atoms with Gasteiger partial charge in [-0.15, -0.1) is 0 Å². The summed E-state index contributed by atoms with van der Waals surface area (Å²) < 4.78 is 5.52. The minimum atomic E-state index is -0.843.